The van der Waals surface area contributed by atoms with Crippen LogP contribution in [0.2, 0.25) is 0 Å². The van der Waals surface area contributed by atoms with E-state index in [1.54, 1.807) is 11.8 Å². The van der Waals surface area contributed by atoms with E-state index in [-0.39, 0.29) is 5.75 Å². The zero-order valence-electron chi connectivity index (χ0n) is 11.9. The molecule has 0 unspecified atom stereocenters. The number of rotatable bonds is 3. The van der Waals surface area contributed by atoms with Crippen molar-refractivity contribution in [3.8, 4) is 28.4 Å². The van der Waals surface area contributed by atoms with E-state index < -0.39 is 0 Å². The second-order valence-corrected chi connectivity index (χ2v) is 4.85. The molecule has 0 amide bonds. The fourth-order valence-electron chi connectivity index (χ4n) is 2.24. The summed E-state index contributed by atoms with van der Waals surface area (Å²) < 4.78 is 6.88. The van der Waals surface area contributed by atoms with Crippen molar-refractivity contribution in [2.24, 2.45) is 0 Å². The third-order valence-corrected chi connectivity index (χ3v) is 3.39. The Bertz CT molecular complexity index is 743. The van der Waals surface area contributed by atoms with Crippen LogP contribution in [-0.2, 0) is 0 Å². The van der Waals surface area contributed by atoms with Gasteiger partial charge in [-0.15, -0.1) is 0 Å². The quantitative estimate of drug-likeness (QED) is 0.798. The molecule has 0 atom stereocenters. The number of aryl methyl sites for hydroxylation is 1. The molecule has 0 aliphatic rings. The van der Waals surface area contributed by atoms with Gasteiger partial charge in [-0.1, -0.05) is 29.8 Å². The molecule has 3 aromatic rings. The first kappa shape index (κ1) is 13.2. The molecule has 0 saturated heterocycles. The molecular weight excluding hydrogens is 264 g/mol. The minimum absolute atomic E-state index is 0.162. The number of methoxy groups -OCH3 is 1. The lowest BCUT2D eigenvalue weighted by Crippen LogP contribution is -1.99. The van der Waals surface area contributed by atoms with Crippen molar-refractivity contribution >= 4 is 0 Å². The van der Waals surface area contributed by atoms with Crippen molar-refractivity contribution in [1.29, 1.82) is 0 Å². The topological polar surface area (TPSA) is 47.3 Å². The summed E-state index contributed by atoms with van der Waals surface area (Å²) in [6, 6.07) is 15.5. The smallest absolute Gasteiger partial charge is 0.162 e. The Labute approximate surface area is 123 Å². The summed E-state index contributed by atoms with van der Waals surface area (Å²) >= 11 is 0. The summed E-state index contributed by atoms with van der Waals surface area (Å²) in [5.41, 5.74) is 3.65. The maximum absolute atomic E-state index is 10.1. The summed E-state index contributed by atoms with van der Waals surface area (Å²) in [4.78, 5) is 0. The van der Waals surface area contributed by atoms with Crippen LogP contribution in [0.4, 0.5) is 0 Å². The summed E-state index contributed by atoms with van der Waals surface area (Å²) in [6.07, 6.45) is 1.46. The molecule has 4 heteroatoms. The Balaban J connectivity index is 2.09. The highest BCUT2D eigenvalue weighted by atomic mass is 16.5. The van der Waals surface area contributed by atoms with Gasteiger partial charge in [0, 0.05) is 5.56 Å². The average molecular weight is 280 g/mol. The second-order valence-electron chi connectivity index (χ2n) is 4.85. The lowest BCUT2D eigenvalue weighted by molar-refractivity contribution is 0.414. The van der Waals surface area contributed by atoms with Crippen LogP contribution in [0.1, 0.15) is 5.56 Å². The molecule has 0 spiro atoms. The van der Waals surface area contributed by atoms with E-state index in [0.717, 1.165) is 17.0 Å². The molecule has 1 heterocycles. The van der Waals surface area contributed by atoms with Crippen LogP contribution in [0.3, 0.4) is 0 Å². The molecule has 4 nitrogen and oxygen atoms in total. The van der Waals surface area contributed by atoms with Crippen LogP contribution in [0, 0.1) is 6.92 Å². The van der Waals surface area contributed by atoms with Gasteiger partial charge >= 0.3 is 0 Å². The Morgan fingerprint density at radius 1 is 1.00 bits per heavy atom. The van der Waals surface area contributed by atoms with E-state index in [4.69, 9.17) is 4.74 Å². The van der Waals surface area contributed by atoms with Crippen molar-refractivity contribution in [3.05, 3.63) is 60.3 Å². The number of aromatic hydroxyl groups is 1. The molecular formula is C17H16N2O2. The Morgan fingerprint density at radius 3 is 2.29 bits per heavy atom. The minimum atomic E-state index is 0.162. The van der Waals surface area contributed by atoms with E-state index in [2.05, 4.69) is 5.10 Å². The van der Waals surface area contributed by atoms with Crippen molar-refractivity contribution in [1.82, 2.24) is 9.78 Å². The van der Waals surface area contributed by atoms with E-state index in [1.165, 1.54) is 11.8 Å². The van der Waals surface area contributed by atoms with Gasteiger partial charge in [-0.2, -0.15) is 5.10 Å². The third-order valence-electron chi connectivity index (χ3n) is 3.39. The fourth-order valence-corrected chi connectivity index (χ4v) is 2.24. The van der Waals surface area contributed by atoms with E-state index in [9.17, 15) is 5.11 Å². The van der Waals surface area contributed by atoms with Crippen LogP contribution in [0.25, 0.3) is 16.9 Å². The predicted molar refractivity (Wildman–Crippen MR) is 82.0 cm³/mol. The van der Waals surface area contributed by atoms with Crippen molar-refractivity contribution < 1.29 is 9.84 Å². The van der Waals surface area contributed by atoms with Crippen molar-refractivity contribution in [2.75, 3.05) is 7.11 Å². The predicted octanol–water partition coefficient (Wildman–Crippen LogP) is 3.56. The van der Waals surface area contributed by atoms with Gasteiger partial charge in [-0.25, -0.2) is 4.68 Å². The number of aromatic nitrogens is 2. The summed E-state index contributed by atoms with van der Waals surface area (Å²) in [5, 5.41) is 14.4. The van der Waals surface area contributed by atoms with Gasteiger partial charge in [0.05, 0.1) is 19.0 Å². The maximum Gasteiger partial charge on any atom is 0.162 e. The second kappa shape index (κ2) is 5.32. The van der Waals surface area contributed by atoms with Gasteiger partial charge in [0.15, 0.2) is 5.75 Å². The Hall–Kier alpha value is -2.75. The summed E-state index contributed by atoms with van der Waals surface area (Å²) in [5.74, 6) is 0.946. The summed E-state index contributed by atoms with van der Waals surface area (Å²) in [6.45, 7) is 2.03. The van der Waals surface area contributed by atoms with Gasteiger partial charge in [0.1, 0.15) is 11.4 Å². The lowest BCUT2D eigenvalue weighted by atomic mass is 10.1. The molecule has 0 radical (unpaired) electrons. The van der Waals surface area contributed by atoms with E-state index >= 15 is 0 Å². The van der Waals surface area contributed by atoms with Gasteiger partial charge in [-0.3, -0.25) is 0 Å². The van der Waals surface area contributed by atoms with E-state index in [0.29, 0.717) is 5.69 Å². The molecule has 2 aromatic carbocycles. The van der Waals surface area contributed by atoms with Crippen molar-refractivity contribution in [3.63, 3.8) is 0 Å². The standard InChI is InChI=1S/C17H16N2O2/c1-12-3-5-13(6-4-12)17-16(20)11-18-19(17)14-7-9-15(21-2)10-8-14/h3-11,20H,1-2H3. The molecule has 106 valence electrons. The third kappa shape index (κ3) is 2.48. The lowest BCUT2D eigenvalue weighted by Gasteiger charge is -2.09. The maximum atomic E-state index is 10.1. The molecule has 3 rings (SSSR count). The monoisotopic (exact) mass is 280 g/mol. The Kier molecular flexibility index (Phi) is 3.36. The number of ether oxygens (including phenoxy) is 1. The molecule has 0 bridgehead atoms. The van der Waals surface area contributed by atoms with E-state index in [1.807, 2.05) is 55.5 Å². The first-order chi connectivity index (χ1) is 10.2. The number of hydrogen-bond acceptors (Lipinski definition) is 3. The molecule has 1 aromatic heterocycles. The van der Waals surface area contributed by atoms with Crippen LogP contribution < -0.4 is 4.74 Å². The normalized spacial score (nSPS) is 10.6. The first-order valence-electron chi connectivity index (χ1n) is 6.67. The molecule has 0 saturated carbocycles. The molecule has 0 aliphatic carbocycles. The summed E-state index contributed by atoms with van der Waals surface area (Å²) in [7, 11) is 1.63. The van der Waals surface area contributed by atoms with Crippen LogP contribution in [-0.4, -0.2) is 22.0 Å². The van der Waals surface area contributed by atoms with Gasteiger partial charge in [0.2, 0.25) is 0 Å². The number of hydrogen-bond donors (Lipinski definition) is 1. The van der Waals surface area contributed by atoms with Crippen LogP contribution in [0.15, 0.2) is 54.7 Å². The molecule has 0 fully saturated rings. The van der Waals surface area contributed by atoms with Gasteiger partial charge in [-0.05, 0) is 31.2 Å². The zero-order chi connectivity index (χ0) is 14.8. The number of nitrogens with zero attached hydrogens (tertiary/aromatic N) is 2. The number of benzene rings is 2. The first-order valence-corrected chi connectivity index (χ1v) is 6.67. The average Bonchev–Trinajstić information content (AvgIpc) is 2.90. The molecule has 0 aliphatic heterocycles. The zero-order valence-corrected chi connectivity index (χ0v) is 11.9. The fraction of sp³-hybridized carbons (Fsp3) is 0.118. The molecule has 1 N–H and O–H groups in total. The van der Waals surface area contributed by atoms with Crippen LogP contribution >= 0.6 is 0 Å². The van der Waals surface area contributed by atoms with Gasteiger partial charge < -0.3 is 9.84 Å². The Morgan fingerprint density at radius 2 is 1.67 bits per heavy atom. The highest BCUT2D eigenvalue weighted by Crippen LogP contribution is 2.31. The van der Waals surface area contributed by atoms with Crippen molar-refractivity contribution in [2.45, 2.75) is 6.92 Å². The van der Waals surface area contributed by atoms with Gasteiger partial charge in [0.25, 0.3) is 0 Å². The van der Waals surface area contributed by atoms with Crippen LogP contribution in [0.5, 0.6) is 11.5 Å². The largest absolute Gasteiger partial charge is 0.504 e. The highest BCUT2D eigenvalue weighted by Gasteiger charge is 2.13. The molecule has 21 heavy (non-hydrogen) atoms. The SMILES string of the molecule is COc1ccc(-n2ncc(O)c2-c2ccc(C)cc2)cc1. The minimum Gasteiger partial charge on any atom is -0.504 e. The highest BCUT2D eigenvalue weighted by molar-refractivity contribution is 5.68.